The van der Waals surface area contributed by atoms with Gasteiger partial charge in [-0.2, -0.15) is 0 Å². The highest BCUT2D eigenvalue weighted by Gasteiger charge is 2.64. The van der Waals surface area contributed by atoms with Crippen LogP contribution in [0.25, 0.3) is 0 Å². The van der Waals surface area contributed by atoms with E-state index >= 15 is 0 Å². The number of carboxylic acids is 1. The van der Waals surface area contributed by atoms with Crippen LogP contribution in [-0.4, -0.2) is 27.6 Å². The summed E-state index contributed by atoms with van der Waals surface area (Å²) in [5.74, 6) is 1.32. The number of carbonyl (C=O) groups excluding carboxylic acids is 1. The first kappa shape index (κ1) is 20.8. The average Bonchev–Trinajstić information content (AvgIpc) is 2.93. The van der Waals surface area contributed by atoms with Crippen LogP contribution in [0.1, 0.15) is 78.6 Å². The summed E-state index contributed by atoms with van der Waals surface area (Å²) >= 11 is 0. The van der Waals surface area contributed by atoms with Crippen molar-refractivity contribution in [1.29, 1.82) is 0 Å². The lowest BCUT2D eigenvalue weighted by Gasteiger charge is -2.60. The number of carboxylic acid groups (broad SMARTS) is 1. The van der Waals surface area contributed by atoms with Crippen molar-refractivity contribution in [2.45, 2.75) is 84.2 Å². The molecule has 0 bridgehead atoms. The summed E-state index contributed by atoms with van der Waals surface area (Å²) < 4.78 is 0. The van der Waals surface area contributed by atoms with Gasteiger partial charge in [-0.25, -0.2) is 0 Å². The highest BCUT2D eigenvalue weighted by atomic mass is 16.4. The normalized spacial score (nSPS) is 45.9. The van der Waals surface area contributed by atoms with E-state index in [1.54, 1.807) is 6.08 Å². The second-order valence-corrected chi connectivity index (χ2v) is 10.7. The summed E-state index contributed by atoms with van der Waals surface area (Å²) in [5.41, 5.74) is 0.188. The van der Waals surface area contributed by atoms with Crippen molar-refractivity contribution in [3.63, 3.8) is 0 Å². The average molecular weight is 401 g/mol. The maximum absolute atomic E-state index is 12.1. The topological polar surface area (TPSA) is 74.6 Å². The zero-order chi connectivity index (χ0) is 21.0. The van der Waals surface area contributed by atoms with Gasteiger partial charge in [-0.15, -0.1) is 0 Å². The predicted octanol–water partition coefficient (Wildman–Crippen LogP) is 4.92. The molecule has 0 aromatic rings. The molecule has 160 valence electrons. The monoisotopic (exact) mass is 400 g/mol. The van der Waals surface area contributed by atoms with Crippen molar-refractivity contribution < 1.29 is 19.8 Å². The maximum Gasteiger partial charge on any atom is 0.303 e. The van der Waals surface area contributed by atoms with Crippen LogP contribution >= 0.6 is 0 Å². The first-order valence-corrected chi connectivity index (χ1v) is 11.5. The van der Waals surface area contributed by atoms with Gasteiger partial charge in [0.15, 0.2) is 5.78 Å². The van der Waals surface area contributed by atoms with Gasteiger partial charge < -0.3 is 10.2 Å². The Bertz CT molecular complexity index is 767. The third kappa shape index (κ3) is 3.05. The molecule has 29 heavy (non-hydrogen) atoms. The van der Waals surface area contributed by atoms with E-state index in [2.05, 4.69) is 26.8 Å². The van der Waals surface area contributed by atoms with Crippen LogP contribution in [0.3, 0.4) is 0 Å². The molecule has 7 atom stereocenters. The van der Waals surface area contributed by atoms with Gasteiger partial charge in [0.1, 0.15) is 0 Å². The largest absolute Gasteiger partial charge is 0.481 e. The van der Waals surface area contributed by atoms with Gasteiger partial charge in [-0.05, 0) is 79.8 Å². The van der Waals surface area contributed by atoms with Crippen molar-refractivity contribution in [2.75, 3.05) is 0 Å². The molecule has 0 heterocycles. The molecule has 0 aromatic carbocycles. The number of hydrogen-bond acceptors (Lipinski definition) is 3. The van der Waals surface area contributed by atoms with Crippen molar-refractivity contribution in [2.24, 2.45) is 34.5 Å². The highest BCUT2D eigenvalue weighted by Crippen LogP contribution is 2.69. The van der Waals surface area contributed by atoms with Crippen molar-refractivity contribution >= 4 is 11.8 Å². The fourth-order valence-electron chi connectivity index (χ4n) is 7.85. The number of carbonyl (C=O) groups is 2. The summed E-state index contributed by atoms with van der Waals surface area (Å²) in [6, 6.07) is 0. The van der Waals surface area contributed by atoms with Crippen LogP contribution in [0.15, 0.2) is 23.8 Å². The van der Waals surface area contributed by atoms with Crippen LogP contribution in [-0.2, 0) is 9.59 Å². The summed E-state index contributed by atoms with van der Waals surface area (Å²) in [7, 11) is 0. The quantitative estimate of drug-likeness (QED) is 0.687. The molecule has 4 aliphatic carbocycles. The fraction of sp³-hybridized carbons (Fsp3) is 0.760. The number of fused-ring (bicyclic) bond motifs is 5. The summed E-state index contributed by atoms with van der Waals surface area (Å²) in [5, 5.41) is 20.8. The van der Waals surface area contributed by atoms with Gasteiger partial charge in [-0.3, -0.25) is 9.59 Å². The van der Waals surface area contributed by atoms with Gasteiger partial charge in [0.25, 0.3) is 0 Å². The standard InChI is InChI=1S/C25H36O4/c1-4-5-16-14-17-15-18(26)6-10-23(17,2)19-7-11-24(3)20(22(16)19)8-12-25(24,29)13-9-21(27)28/h6,10,15-16,19-20,22,29H,4-5,7-9,11-14H2,1-3H3,(H,27,28)/t16-,19+,20+,22-,23+,24+,25-/m1/s1. The van der Waals surface area contributed by atoms with Crippen molar-refractivity contribution in [3.05, 3.63) is 23.8 Å². The lowest BCUT2D eigenvalue weighted by atomic mass is 9.44. The SMILES string of the molecule is CCC[C@@H]1CC2=CC(=O)C=C[C@]2(C)[C@H]2CC[C@@]3(C)[C@@H](CC[C@@]3(O)CCC(=O)O)[C@H]12. The molecule has 3 fully saturated rings. The van der Waals surface area contributed by atoms with Gasteiger partial charge >= 0.3 is 5.97 Å². The third-order valence-corrected chi connectivity index (χ3v) is 9.47. The minimum absolute atomic E-state index is 0.0424. The Kier molecular flexibility index (Phi) is 5.08. The summed E-state index contributed by atoms with van der Waals surface area (Å²) in [6.07, 6.45) is 13.2. The predicted molar refractivity (Wildman–Crippen MR) is 112 cm³/mol. The van der Waals surface area contributed by atoms with Gasteiger partial charge in [0, 0.05) is 11.8 Å². The second kappa shape index (κ2) is 7.08. The van der Waals surface area contributed by atoms with Gasteiger partial charge in [0.05, 0.1) is 5.60 Å². The number of ketones is 1. The molecule has 0 radical (unpaired) electrons. The van der Waals surface area contributed by atoms with E-state index in [1.807, 2.05) is 6.08 Å². The molecule has 4 rings (SSSR count). The minimum Gasteiger partial charge on any atom is -0.481 e. The molecule has 3 saturated carbocycles. The Balaban J connectivity index is 1.70. The zero-order valence-electron chi connectivity index (χ0n) is 18.1. The van der Waals surface area contributed by atoms with Crippen LogP contribution in [0.4, 0.5) is 0 Å². The molecule has 2 N–H and O–H groups in total. The van der Waals surface area contributed by atoms with E-state index in [4.69, 9.17) is 0 Å². The number of aliphatic hydroxyl groups is 1. The number of allylic oxidation sites excluding steroid dienone is 4. The van der Waals surface area contributed by atoms with E-state index in [0.29, 0.717) is 30.1 Å². The van der Waals surface area contributed by atoms with Crippen LogP contribution < -0.4 is 0 Å². The molecular formula is C25H36O4. The molecule has 0 saturated heterocycles. The first-order chi connectivity index (χ1) is 13.6. The fourth-order valence-corrected chi connectivity index (χ4v) is 7.85. The molecule has 0 amide bonds. The molecule has 4 nitrogen and oxygen atoms in total. The van der Waals surface area contributed by atoms with E-state index in [1.165, 1.54) is 5.57 Å². The molecule has 0 unspecified atom stereocenters. The molecular weight excluding hydrogens is 364 g/mol. The summed E-state index contributed by atoms with van der Waals surface area (Å²) in [4.78, 5) is 23.3. The van der Waals surface area contributed by atoms with E-state index in [-0.39, 0.29) is 23.0 Å². The summed E-state index contributed by atoms with van der Waals surface area (Å²) in [6.45, 7) is 6.79. The van der Waals surface area contributed by atoms with Crippen LogP contribution in [0.2, 0.25) is 0 Å². The van der Waals surface area contributed by atoms with Crippen molar-refractivity contribution in [1.82, 2.24) is 0 Å². The van der Waals surface area contributed by atoms with Crippen LogP contribution in [0, 0.1) is 34.5 Å². The molecule has 0 spiro atoms. The van der Waals surface area contributed by atoms with Gasteiger partial charge in [-0.1, -0.05) is 45.3 Å². The number of aliphatic carboxylic acids is 1. The Hall–Kier alpha value is -1.42. The third-order valence-electron chi connectivity index (χ3n) is 9.47. The second-order valence-electron chi connectivity index (χ2n) is 10.7. The molecule has 4 heteroatoms. The Labute approximate surface area is 174 Å². The number of hydrogen-bond donors (Lipinski definition) is 2. The number of rotatable bonds is 5. The lowest BCUT2D eigenvalue weighted by molar-refractivity contribution is -0.149. The van der Waals surface area contributed by atoms with E-state index in [9.17, 15) is 19.8 Å². The van der Waals surface area contributed by atoms with Crippen LogP contribution in [0.5, 0.6) is 0 Å². The Morgan fingerprint density at radius 3 is 2.62 bits per heavy atom. The first-order valence-electron chi connectivity index (χ1n) is 11.5. The van der Waals surface area contributed by atoms with E-state index < -0.39 is 11.6 Å². The minimum atomic E-state index is -0.868. The Morgan fingerprint density at radius 2 is 1.93 bits per heavy atom. The molecule has 4 aliphatic rings. The zero-order valence-corrected chi connectivity index (χ0v) is 18.1. The van der Waals surface area contributed by atoms with Crippen molar-refractivity contribution in [3.8, 4) is 0 Å². The maximum atomic E-state index is 12.1. The van der Waals surface area contributed by atoms with Gasteiger partial charge in [0.2, 0.25) is 0 Å². The molecule has 0 aliphatic heterocycles. The molecule has 0 aromatic heterocycles. The smallest absolute Gasteiger partial charge is 0.303 e. The van der Waals surface area contributed by atoms with E-state index in [0.717, 1.165) is 44.9 Å². The Morgan fingerprint density at radius 1 is 1.21 bits per heavy atom. The highest BCUT2D eigenvalue weighted by molar-refractivity contribution is 6.01. The lowest BCUT2D eigenvalue weighted by Crippen LogP contribution is -2.56.